The van der Waals surface area contributed by atoms with Crippen molar-refractivity contribution in [3.8, 4) is 16.9 Å². The molecule has 1 fully saturated rings. The predicted octanol–water partition coefficient (Wildman–Crippen LogP) is 8.91. The molecule has 0 bridgehead atoms. The minimum absolute atomic E-state index is 0.109. The number of hydrogen-bond acceptors (Lipinski definition) is 2. The average molecular weight is 525 g/mol. The van der Waals surface area contributed by atoms with Crippen LogP contribution in [0.4, 0.5) is 17.6 Å². The van der Waals surface area contributed by atoms with E-state index < -0.39 is 29.4 Å². The molecule has 1 unspecified atom stereocenters. The number of aliphatic hydroxyl groups excluding tert-OH is 1. The molecular weight excluding hydrogens is 492 g/mol. The predicted molar refractivity (Wildman–Crippen MR) is 143 cm³/mol. The summed E-state index contributed by atoms with van der Waals surface area (Å²) in [6, 6.07) is 12.9. The monoisotopic (exact) mass is 524 g/mol. The van der Waals surface area contributed by atoms with Crippen LogP contribution in [-0.4, -0.2) is 11.7 Å². The molecule has 1 saturated carbocycles. The number of allylic oxidation sites excluding steroid dienone is 1. The molecule has 1 N–H and O–H groups in total. The van der Waals surface area contributed by atoms with Crippen LogP contribution in [-0.2, 0) is 0 Å². The van der Waals surface area contributed by atoms with E-state index in [9.17, 15) is 13.9 Å². The van der Waals surface area contributed by atoms with Crippen LogP contribution in [0.2, 0.25) is 0 Å². The Hall–Kier alpha value is -3.38. The molecule has 4 rings (SSSR count). The number of ether oxygens (including phenoxy) is 1. The van der Waals surface area contributed by atoms with Crippen molar-refractivity contribution >= 4 is 6.08 Å². The summed E-state index contributed by atoms with van der Waals surface area (Å²) in [5, 5.41) is 9.66. The van der Waals surface area contributed by atoms with Crippen molar-refractivity contribution in [3.05, 3.63) is 107 Å². The van der Waals surface area contributed by atoms with Gasteiger partial charge in [-0.2, -0.15) is 4.39 Å². The Morgan fingerprint density at radius 1 is 0.895 bits per heavy atom. The van der Waals surface area contributed by atoms with Gasteiger partial charge >= 0.3 is 0 Å². The van der Waals surface area contributed by atoms with Crippen LogP contribution in [0.3, 0.4) is 0 Å². The van der Waals surface area contributed by atoms with Gasteiger partial charge in [0.25, 0.3) is 0 Å². The molecule has 1 aliphatic carbocycles. The van der Waals surface area contributed by atoms with Crippen LogP contribution in [0, 0.1) is 29.2 Å². The smallest absolute Gasteiger partial charge is 0.201 e. The Morgan fingerprint density at radius 2 is 1.61 bits per heavy atom. The summed E-state index contributed by atoms with van der Waals surface area (Å²) in [6.07, 6.45) is 7.78. The SMILES string of the molecule is C=CCCOc1ccc(/C=C/C2CCC(c3ccc(-c4ccc(C(C)O)cc4)c(F)c3F)CC2)c(F)c1F. The van der Waals surface area contributed by atoms with Crippen LogP contribution in [0.1, 0.15) is 67.7 Å². The zero-order valence-corrected chi connectivity index (χ0v) is 21.4. The van der Waals surface area contributed by atoms with Gasteiger partial charge in [-0.05, 0) is 79.7 Å². The van der Waals surface area contributed by atoms with Crippen LogP contribution in [0.25, 0.3) is 17.2 Å². The second-order valence-electron chi connectivity index (χ2n) is 9.81. The van der Waals surface area contributed by atoms with E-state index in [1.807, 2.05) is 6.08 Å². The molecule has 0 heterocycles. The molecule has 3 aromatic carbocycles. The van der Waals surface area contributed by atoms with Crippen LogP contribution in [0.5, 0.6) is 5.75 Å². The summed E-state index contributed by atoms with van der Waals surface area (Å²) < 4.78 is 64.2. The Morgan fingerprint density at radius 3 is 2.26 bits per heavy atom. The van der Waals surface area contributed by atoms with E-state index in [1.54, 1.807) is 55.5 Å². The molecule has 3 aromatic rings. The molecule has 0 saturated heterocycles. The van der Waals surface area contributed by atoms with Crippen LogP contribution < -0.4 is 4.74 Å². The van der Waals surface area contributed by atoms with Gasteiger partial charge in [0.1, 0.15) is 0 Å². The Bertz CT molecular complexity index is 1290. The molecule has 0 amide bonds. The normalized spacial score (nSPS) is 18.5. The molecule has 6 heteroatoms. The van der Waals surface area contributed by atoms with E-state index >= 15 is 8.78 Å². The van der Waals surface area contributed by atoms with Crippen LogP contribution in [0.15, 0.2) is 67.3 Å². The molecule has 0 aliphatic heterocycles. The van der Waals surface area contributed by atoms with E-state index in [0.29, 0.717) is 36.0 Å². The van der Waals surface area contributed by atoms with Gasteiger partial charge in [-0.25, -0.2) is 13.2 Å². The standard InChI is InChI=1S/C32H32F4O2/c1-3-4-19-38-28-18-15-25(29(33)32(28)36)10-7-21-5-8-23(9-6-21)26-16-17-27(31(35)30(26)34)24-13-11-22(12-14-24)20(2)37/h3,7,10-18,20-21,23,37H,1,4-6,8-9,19H2,2H3/b10-7+. The largest absolute Gasteiger partial charge is 0.490 e. The van der Waals surface area contributed by atoms with E-state index in [4.69, 9.17) is 4.74 Å². The van der Waals surface area contributed by atoms with Crippen molar-refractivity contribution < 1.29 is 27.4 Å². The van der Waals surface area contributed by atoms with Gasteiger partial charge in [-0.3, -0.25) is 0 Å². The van der Waals surface area contributed by atoms with Crippen LogP contribution >= 0.6 is 0 Å². The lowest BCUT2D eigenvalue weighted by Gasteiger charge is -2.27. The van der Waals surface area contributed by atoms with Crippen molar-refractivity contribution in [2.75, 3.05) is 6.61 Å². The fourth-order valence-electron chi connectivity index (χ4n) is 4.95. The first-order chi connectivity index (χ1) is 18.3. The third-order valence-corrected chi connectivity index (χ3v) is 7.23. The third-order valence-electron chi connectivity index (χ3n) is 7.23. The fraction of sp³-hybridized carbons (Fsp3) is 0.312. The summed E-state index contributed by atoms with van der Waals surface area (Å²) in [7, 11) is 0. The molecule has 1 aliphatic rings. The van der Waals surface area contributed by atoms with Crippen molar-refractivity contribution in [1.29, 1.82) is 0 Å². The Balaban J connectivity index is 1.39. The molecule has 2 nitrogen and oxygen atoms in total. The molecule has 38 heavy (non-hydrogen) atoms. The van der Waals surface area contributed by atoms with Crippen molar-refractivity contribution in [1.82, 2.24) is 0 Å². The summed E-state index contributed by atoms with van der Waals surface area (Å²) in [4.78, 5) is 0. The number of benzene rings is 3. The second kappa shape index (κ2) is 12.4. The highest BCUT2D eigenvalue weighted by Gasteiger charge is 2.26. The summed E-state index contributed by atoms with van der Waals surface area (Å²) in [6.45, 7) is 5.44. The molecular formula is C32H32F4O2. The lowest BCUT2D eigenvalue weighted by Crippen LogP contribution is -2.13. The van der Waals surface area contributed by atoms with E-state index in [0.717, 1.165) is 12.8 Å². The first-order valence-electron chi connectivity index (χ1n) is 13.0. The highest BCUT2D eigenvalue weighted by molar-refractivity contribution is 5.65. The zero-order valence-electron chi connectivity index (χ0n) is 21.4. The molecule has 0 aromatic heterocycles. The summed E-state index contributed by atoms with van der Waals surface area (Å²) in [5.74, 6) is -3.76. The topological polar surface area (TPSA) is 29.5 Å². The molecule has 1 atom stereocenters. The van der Waals surface area contributed by atoms with Crippen molar-refractivity contribution in [3.63, 3.8) is 0 Å². The van der Waals surface area contributed by atoms with Gasteiger partial charge in [-0.1, -0.05) is 54.6 Å². The number of aliphatic hydroxyl groups is 1. The van der Waals surface area contributed by atoms with Crippen molar-refractivity contribution in [2.24, 2.45) is 5.92 Å². The number of rotatable bonds is 9. The average Bonchev–Trinajstić information content (AvgIpc) is 2.92. The molecule has 0 radical (unpaired) electrons. The number of halogens is 4. The minimum atomic E-state index is -1.01. The summed E-state index contributed by atoms with van der Waals surface area (Å²) in [5.41, 5.74) is 1.95. The maximum absolute atomic E-state index is 15.1. The first-order valence-corrected chi connectivity index (χ1v) is 13.0. The highest BCUT2D eigenvalue weighted by Crippen LogP contribution is 2.39. The fourth-order valence-corrected chi connectivity index (χ4v) is 4.95. The van der Waals surface area contributed by atoms with E-state index in [1.165, 1.54) is 12.1 Å². The van der Waals surface area contributed by atoms with E-state index in [2.05, 4.69) is 6.58 Å². The molecule has 0 spiro atoms. The van der Waals surface area contributed by atoms with Gasteiger partial charge in [0.05, 0.1) is 12.7 Å². The van der Waals surface area contributed by atoms with Crippen molar-refractivity contribution in [2.45, 2.75) is 51.0 Å². The maximum atomic E-state index is 15.1. The maximum Gasteiger partial charge on any atom is 0.201 e. The van der Waals surface area contributed by atoms with Gasteiger partial charge in [0.15, 0.2) is 23.2 Å². The molecule has 200 valence electrons. The van der Waals surface area contributed by atoms with Gasteiger partial charge in [0, 0.05) is 11.1 Å². The minimum Gasteiger partial charge on any atom is -0.490 e. The first kappa shape index (κ1) is 27.6. The third kappa shape index (κ3) is 6.18. The van der Waals surface area contributed by atoms with E-state index in [-0.39, 0.29) is 35.3 Å². The quantitative estimate of drug-likeness (QED) is 0.172. The second-order valence-corrected chi connectivity index (χ2v) is 9.81. The highest BCUT2D eigenvalue weighted by atomic mass is 19.2. The number of hydrogen-bond donors (Lipinski definition) is 1. The lowest BCUT2D eigenvalue weighted by atomic mass is 9.78. The summed E-state index contributed by atoms with van der Waals surface area (Å²) >= 11 is 0. The lowest BCUT2D eigenvalue weighted by molar-refractivity contribution is 0.199. The Labute approximate surface area is 221 Å². The van der Waals surface area contributed by atoms with Gasteiger partial charge < -0.3 is 9.84 Å². The van der Waals surface area contributed by atoms with Gasteiger partial charge in [-0.15, -0.1) is 6.58 Å². The Kier molecular flexibility index (Phi) is 9.05. The van der Waals surface area contributed by atoms with Gasteiger partial charge in [0.2, 0.25) is 5.82 Å². The zero-order chi connectivity index (χ0) is 27.2.